The first-order valence-corrected chi connectivity index (χ1v) is 8.64. The summed E-state index contributed by atoms with van der Waals surface area (Å²) in [5.41, 5.74) is -1.21. The average molecular weight is 379 g/mol. The zero-order valence-electron chi connectivity index (χ0n) is 14.6. The summed E-state index contributed by atoms with van der Waals surface area (Å²) >= 11 is 0. The van der Waals surface area contributed by atoms with Gasteiger partial charge in [-0.3, -0.25) is 4.90 Å². The van der Waals surface area contributed by atoms with E-state index in [0.717, 1.165) is 24.2 Å². The molecule has 0 aliphatic carbocycles. The fraction of sp³-hybridized carbons (Fsp3) is 0.350. The largest absolute Gasteiger partial charge is 0.478 e. The minimum Gasteiger partial charge on any atom is -0.478 e. The average Bonchev–Trinajstić information content (AvgIpc) is 2.62. The molecule has 27 heavy (non-hydrogen) atoms. The molecule has 144 valence electrons. The fourth-order valence-corrected chi connectivity index (χ4v) is 3.32. The maximum Gasteiger partial charge on any atom is 0.416 e. The van der Waals surface area contributed by atoms with Gasteiger partial charge in [0.25, 0.3) is 0 Å². The highest BCUT2D eigenvalue weighted by atomic mass is 19.4. The molecule has 2 aromatic carbocycles. The molecule has 0 spiro atoms. The Morgan fingerprint density at radius 2 is 1.78 bits per heavy atom. The summed E-state index contributed by atoms with van der Waals surface area (Å²) in [6.45, 7) is 1.49. The molecule has 1 saturated heterocycles. The Morgan fingerprint density at radius 3 is 2.37 bits per heavy atom. The number of aliphatic carboxylic acids is 1. The van der Waals surface area contributed by atoms with E-state index < -0.39 is 23.3 Å². The minimum absolute atomic E-state index is 0.118. The number of likely N-dealkylation sites (tertiary alicyclic amines) is 1. The molecule has 1 fully saturated rings. The lowest BCUT2D eigenvalue weighted by Crippen LogP contribution is -2.56. The van der Waals surface area contributed by atoms with Crippen LogP contribution < -0.4 is 4.74 Å². The molecule has 1 unspecified atom stereocenters. The highest BCUT2D eigenvalue weighted by molar-refractivity contribution is 5.78. The number of rotatable bonds is 5. The predicted molar refractivity (Wildman–Crippen MR) is 93.4 cm³/mol. The summed E-state index contributed by atoms with van der Waals surface area (Å²) in [6, 6.07) is 13.8. The fourth-order valence-electron chi connectivity index (χ4n) is 3.32. The second-order valence-corrected chi connectivity index (χ2v) is 6.72. The van der Waals surface area contributed by atoms with Crippen molar-refractivity contribution in [1.29, 1.82) is 0 Å². The molecule has 1 aliphatic heterocycles. The quantitative estimate of drug-likeness (QED) is 0.846. The van der Waals surface area contributed by atoms with E-state index in [9.17, 15) is 23.1 Å². The molecule has 4 nitrogen and oxygen atoms in total. The molecule has 0 aromatic heterocycles. The van der Waals surface area contributed by atoms with Crippen molar-refractivity contribution >= 4 is 5.97 Å². The third-order valence-corrected chi connectivity index (χ3v) is 4.67. The zero-order valence-corrected chi connectivity index (χ0v) is 14.6. The van der Waals surface area contributed by atoms with Crippen LogP contribution in [0.4, 0.5) is 13.2 Å². The maximum absolute atomic E-state index is 12.7. The summed E-state index contributed by atoms with van der Waals surface area (Å²) in [5, 5.41) is 9.79. The highest BCUT2D eigenvalue weighted by Crippen LogP contribution is 2.33. The molecule has 3 rings (SSSR count). The van der Waals surface area contributed by atoms with Gasteiger partial charge in [0.05, 0.1) is 5.56 Å². The van der Waals surface area contributed by atoms with Crippen molar-refractivity contribution in [2.24, 2.45) is 0 Å². The van der Waals surface area contributed by atoms with Crippen molar-refractivity contribution in [2.45, 2.75) is 31.2 Å². The van der Waals surface area contributed by atoms with Crippen LogP contribution in [0, 0.1) is 0 Å². The molecule has 0 bridgehead atoms. The van der Waals surface area contributed by atoms with Crippen molar-refractivity contribution in [2.75, 3.05) is 13.1 Å². The number of carboxylic acid groups (broad SMARTS) is 1. The monoisotopic (exact) mass is 379 g/mol. The molecule has 2 aromatic rings. The van der Waals surface area contributed by atoms with Gasteiger partial charge in [0.1, 0.15) is 5.75 Å². The van der Waals surface area contributed by atoms with Gasteiger partial charge in [-0.1, -0.05) is 30.3 Å². The van der Waals surface area contributed by atoms with Gasteiger partial charge in [0, 0.05) is 19.5 Å². The summed E-state index contributed by atoms with van der Waals surface area (Å²) in [6.07, 6.45) is -3.52. The molecule has 0 radical (unpaired) electrons. The number of nitrogens with zero attached hydrogens (tertiary/aromatic N) is 1. The first kappa shape index (κ1) is 19.2. The first-order chi connectivity index (χ1) is 12.8. The van der Waals surface area contributed by atoms with Crippen LogP contribution in [0.3, 0.4) is 0 Å². The number of benzene rings is 2. The van der Waals surface area contributed by atoms with Crippen molar-refractivity contribution in [1.82, 2.24) is 4.90 Å². The Morgan fingerprint density at radius 1 is 1.11 bits per heavy atom. The van der Waals surface area contributed by atoms with E-state index in [1.807, 2.05) is 35.2 Å². The Bertz CT molecular complexity index is 777. The topological polar surface area (TPSA) is 49.8 Å². The summed E-state index contributed by atoms with van der Waals surface area (Å²) in [4.78, 5) is 14.0. The molecule has 1 N–H and O–H groups in total. The van der Waals surface area contributed by atoms with E-state index in [0.29, 0.717) is 19.4 Å². The molecular formula is C20H20F3NO3. The molecule has 1 heterocycles. The number of carbonyl (C=O) groups is 1. The van der Waals surface area contributed by atoms with Crippen LogP contribution in [0.15, 0.2) is 54.6 Å². The van der Waals surface area contributed by atoms with Gasteiger partial charge in [-0.2, -0.15) is 13.2 Å². The zero-order chi connectivity index (χ0) is 19.5. The van der Waals surface area contributed by atoms with Crippen molar-refractivity contribution in [3.8, 4) is 5.75 Å². The minimum atomic E-state index is -4.44. The number of alkyl halides is 3. The molecule has 0 amide bonds. The number of hydrogen-bond donors (Lipinski definition) is 1. The number of piperidine rings is 1. The number of halogens is 3. The van der Waals surface area contributed by atoms with Crippen LogP contribution in [0.1, 0.15) is 24.0 Å². The summed E-state index contributed by atoms with van der Waals surface area (Å²) in [7, 11) is 0. The summed E-state index contributed by atoms with van der Waals surface area (Å²) in [5.74, 6) is -0.993. The molecule has 1 aliphatic rings. The van der Waals surface area contributed by atoms with E-state index in [2.05, 4.69) is 0 Å². The van der Waals surface area contributed by atoms with Gasteiger partial charge >= 0.3 is 12.1 Å². The lowest BCUT2D eigenvalue weighted by atomic mass is 9.92. The van der Waals surface area contributed by atoms with Crippen LogP contribution in [0.2, 0.25) is 0 Å². The van der Waals surface area contributed by atoms with E-state index in [1.165, 1.54) is 12.1 Å². The molecule has 1 atom stereocenters. The third-order valence-electron chi connectivity index (χ3n) is 4.67. The number of hydrogen-bond acceptors (Lipinski definition) is 3. The second kappa shape index (κ2) is 7.60. The van der Waals surface area contributed by atoms with Gasteiger partial charge in [-0.25, -0.2) is 4.79 Å². The van der Waals surface area contributed by atoms with Crippen LogP contribution >= 0.6 is 0 Å². The normalized spacial score (nSPS) is 21.0. The Kier molecular flexibility index (Phi) is 5.41. The Hall–Kier alpha value is -2.54. The van der Waals surface area contributed by atoms with Gasteiger partial charge in [-0.05, 0) is 42.8 Å². The van der Waals surface area contributed by atoms with E-state index in [-0.39, 0.29) is 12.3 Å². The first-order valence-electron chi connectivity index (χ1n) is 8.64. The van der Waals surface area contributed by atoms with Crippen molar-refractivity contribution in [3.63, 3.8) is 0 Å². The molecule has 7 heteroatoms. The highest BCUT2D eigenvalue weighted by Gasteiger charge is 2.45. The summed E-state index contributed by atoms with van der Waals surface area (Å²) < 4.78 is 43.8. The van der Waals surface area contributed by atoms with E-state index >= 15 is 0 Å². The smallest absolute Gasteiger partial charge is 0.416 e. The van der Waals surface area contributed by atoms with Crippen molar-refractivity contribution < 1.29 is 27.8 Å². The van der Waals surface area contributed by atoms with Crippen LogP contribution in [0.5, 0.6) is 5.75 Å². The van der Waals surface area contributed by atoms with Crippen LogP contribution in [-0.2, 0) is 17.5 Å². The SMILES string of the molecule is O=C(O)C1(Oc2ccc(C(F)(F)F)cc2)CCCN(Cc2ccccc2)C1. The van der Waals surface area contributed by atoms with Crippen LogP contribution in [0.25, 0.3) is 0 Å². The van der Waals surface area contributed by atoms with Crippen molar-refractivity contribution in [3.05, 3.63) is 65.7 Å². The standard InChI is InChI=1S/C20H20F3NO3/c21-20(22,23)16-7-9-17(10-8-16)27-19(18(25)26)11-4-12-24(14-19)13-15-5-2-1-3-6-15/h1-3,5-10H,4,11-14H2,(H,25,26). The van der Waals surface area contributed by atoms with Crippen LogP contribution in [-0.4, -0.2) is 34.7 Å². The Labute approximate surface area is 155 Å². The van der Waals surface area contributed by atoms with Gasteiger partial charge in [0.2, 0.25) is 5.60 Å². The molecular weight excluding hydrogens is 359 g/mol. The second-order valence-electron chi connectivity index (χ2n) is 6.72. The Balaban J connectivity index is 1.76. The van der Waals surface area contributed by atoms with E-state index in [4.69, 9.17) is 4.74 Å². The lowest BCUT2D eigenvalue weighted by Gasteiger charge is -2.39. The maximum atomic E-state index is 12.7. The lowest BCUT2D eigenvalue weighted by molar-refractivity contribution is -0.160. The third kappa shape index (κ3) is 4.60. The predicted octanol–water partition coefficient (Wildman–Crippen LogP) is 4.20. The van der Waals surface area contributed by atoms with Gasteiger partial charge in [-0.15, -0.1) is 0 Å². The van der Waals surface area contributed by atoms with Gasteiger partial charge < -0.3 is 9.84 Å². The molecule has 0 saturated carbocycles. The van der Waals surface area contributed by atoms with Gasteiger partial charge in [0.15, 0.2) is 0 Å². The number of ether oxygens (including phenoxy) is 1. The number of carboxylic acids is 1. The van der Waals surface area contributed by atoms with E-state index in [1.54, 1.807) is 0 Å².